The first-order chi connectivity index (χ1) is 11.1. The Kier molecular flexibility index (Phi) is 4.53. The Morgan fingerprint density at radius 1 is 1.26 bits per heavy atom. The van der Waals surface area contributed by atoms with E-state index in [-0.39, 0.29) is 11.9 Å². The second-order valence-electron chi connectivity index (χ2n) is 6.58. The number of carbonyl (C=O) groups excluding carboxylic acids is 1. The van der Waals surface area contributed by atoms with Crippen LogP contribution in [0.4, 0.5) is 0 Å². The molecule has 0 heterocycles. The lowest BCUT2D eigenvalue weighted by atomic mass is 10.1. The molecule has 1 fully saturated rings. The summed E-state index contributed by atoms with van der Waals surface area (Å²) in [5, 5.41) is 5.46. The highest BCUT2D eigenvalue weighted by Crippen LogP contribution is 2.21. The van der Waals surface area contributed by atoms with Gasteiger partial charge in [0.1, 0.15) is 12.3 Å². The second kappa shape index (κ2) is 6.59. The Morgan fingerprint density at radius 3 is 2.65 bits per heavy atom. The number of amides is 1. The average molecular weight is 313 g/mol. The number of hydrogen-bond acceptors (Lipinski definition) is 2. The van der Waals surface area contributed by atoms with Crippen molar-refractivity contribution in [2.75, 3.05) is 14.2 Å². The standard InChI is InChI=1S/C19H24N2O2/c1-13(19(22)20-17-7-8-17)21(2)12-14-4-5-16-11-18(23-3)9-6-15(16)10-14/h4-6,9-11,13,17H,7-8,12H2,1-3H3,(H,20,22)/p+1/t13-/m1/s1. The summed E-state index contributed by atoms with van der Waals surface area (Å²) >= 11 is 0. The number of quaternary nitrogens is 1. The quantitative estimate of drug-likeness (QED) is 0.849. The minimum absolute atomic E-state index is 0.0397. The maximum Gasteiger partial charge on any atom is 0.278 e. The lowest BCUT2D eigenvalue weighted by Crippen LogP contribution is -3.12. The molecule has 0 saturated heterocycles. The number of hydrogen-bond donors (Lipinski definition) is 2. The highest BCUT2D eigenvalue weighted by molar-refractivity contribution is 5.84. The van der Waals surface area contributed by atoms with Crippen LogP contribution < -0.4 is 15.0 Å². The fraction of sp³-hybridized carbons (Fsp3) is 0.421. The number of rotatable bonds is 6. The smallest absolute Gasteiger partial charge is 0.278 e. The number of ether oxygens (including phenoxy) is 1. The molecule has 1 saturated carbocycles. The molecule has 4 heteroatoms. The van der Waals surface area contributed by atoms with Crippen molar-refractivity contribution in [3.63, 3.8) is 0 Å². The summed E-state index contributed by atoms with van der Waals surface area (Å²) < 4.78 is 5.26. The van der Waals surface area contributed by atoms with Gasteiger partial charge in [-0.2, -0.15) is 0 Å². The van der Waals surface area contributed by atoms with E-state index in [2.05, 4.69) is 36.6 Å². The maximum atomic E-state index is 12.2. The summed E-state index contributed by atoms with van der Waals surface area (Å²) in [6, 6.07) is 12.9. The van der Waals surface area contributed by atoms with E-state index in [4.69, 9.17) is 4.74 Å². The first-order valence-corrected chi connectivity index (χ1v) is 8.26. The van der Waals surface area contributed by atoms with Crippen molar-refractivity contribution in [3.05, 3.63) is 42.0 Å². The first kappa shape index (κ1) is 15.8. The minimum atomic E-state index is -0.0397. The van der Waals surface area contributed by atoms with Crippen LogP contribution in [-0.4, -0.2) is 32.1 Å². The molecule has 2 atom stereocenters. The summed E-state index contributed by atoms with van der Waals surface area (Å²) in [4.78, 5) is 13.4. The zero-order valence-corrected chi connectivity index (χ0v) is 14.1. The normalized spacial score (nSPS) is 16.8. The summed E-state index contributed by atoms with van der Waals surface area (Å²) in [6.07, 6.45) is 2.26. The molecule has 0 aliphatic heterocycles. The Labute approximate surface area is 137 Å². The minimum Gasteiger partial charge on any atom is -0.497 e. The fourth-order valence-electron chi connectivity index (χ4n) is 2.76. The summed E-state index contributed by atoms with van der Waals surface area (Å²) in [7, 11) is 3.76. The second-order valence-corrected chi connectivity index (χ2v) is 6.58. The van der Waals surface area contributed by atoms with Gasteiger partial charge in [0.25, 0.3) is 5.91 Å². The molecule has 0 radical (unpaired) electrons. The summed E-state index contributed by atoms with van der Waals surface area (Å²) in [6.45, 7) is 2.83. The van der Waals surface area contributed by atoms with Gasteiger partial charge >= 0.3 is 0 Å². The van der Waals surface area contributed by atoms with Gasteiger partial charge in [0.2, 0.25) is 0 Å². The van der Waals surface area contributed by atoms with E-state index < -0.39 is 0 Å². The van der Waals surface area contributed by atoms with Gasteiger partial charge in [-0.25, -0.2) is 0 Å². The van der Waals surface area contributed by atoms with Gasteiger partial charge in [-0.3, -0.25) is 4.79 Å². The SMILES string of the molecule is COc1ccc2cc(C[NH+](C)[C@H](C)C(=O)NC3CC3)ccc2c1. The molecule has 23 heavy (non-hydrogen) atoms. The average Bonchev–Trinajstić information content (AvgIpc) is 3.37. The number of benzene rings is 2. The topological polar surface area (TPSA) is 42.8 Å². The largest absolute Gasteiger partial charge is 0.497 e. The van der Waals surface area contributed by atoms with E-state index in [1.165, 1.54) is 21.2 Å². The molecule has 2 N–H and O–H groups in total. The van der Waals surface area contributed by atoms with Gasteiger partial charge in [0.05, 0.1) is 14.2 Å². The van der Waals surface area contributed by atoms with E-state index in [0.29, 0.717) is 6.04 Å². The number of fused-ring (bicyclic) bond motifs is 1. The van der Waals surface area contributed by atoms with Gasteiger partial charge in [-0.1, -0.05) is 18.2 Å². The Bertz CT molecular complexity index is 710. The lowest BCUT2D eigenvalue weighted by Gasteiger charge is -2.21. The molecule has 2 aromatic rings. The van der Waals surface area contributed by atoms with Crippen LogP contribution in [-0.2, 0) is 11.3 Å². The molecule has 1 aliphatic rings. The van der Waals surface area contributed by atoms with E-state index >= 15 is 0 Å². The van der Waals surface area contributed by atoms with Gasteiger partial charge in [-0.05, 0) is 48.7 Å². The molecule has 3 rings (SSSR count). The Balaban J connectivity index is 1.68. The third kappa shape index (κ3) is 3.82. The highest BCUT2D eigenvalue weighted by Gasteiger charge is 2.29. The van der Waals surface area contributed by atoms with Crippen LogP contribution in [0.2, 0.25) is 0 Å². The molecule has 122 valence electrons. The van der Waals surface area contributed by atoms with Gasteiger partial charge in [0, 0.05) is 11.6 Å². The molecular weight excluding hydrogens is 288 g/mol. The van der Waals surface area contributed by atoms with Gasteiger partial charge < -0.3 is 15.0 Å². The van der Waals surface area contributed by atoms with E-state index in [1.54, 1.807) is 7.11 Å². The zero-order valence-electron chi connectivity index (χ0n) is 14.1. The van der Waals surface area contributed by atoms with Crippen molar-refractivity contribution in [1.29, 1.82) is 0 Å². The molecule has 1 amide bonds. The number of carbonyl (C=O) groups is 1. The maximum absolute atomic E-state index is 12.2. The predicted octanol–water partition coefficient (Wildman–Crippen LogP) is 1.53. The molecule has 0 bridgehead atoms. The van der Waals surface area contributed by atoms with E-state index in [0.717, 1.165) is 25.1 Å². The van der Waals surface area contributed by atoms with Crippen molar-refractivity contribution in [2.24, 2.45) is 0 Å². The van der Waals surface area contributed by atoms with E-state index in [1.807, 2.05) is 19.1 Å². The van der Waals surface area contributed by atoms with E-state index in [9.17, 15) is 4.79 Å². The molecule has 1 aliphatic carbocycles. The van der Waals surface area contributed by atoms with Crippen LogP contribution in [0.15, 0.2) is 36.4 Å². The lowest BCUT2D eigenvalue weighted by molar-refractivity contribution is -0.908. The summed E-state index contributed by atoms with van der Waals surface area (Å²) in [5.41, 5.74) is 1.24. The Morgan fingerprint density at radius 2 is 1.96 bits per heavy atom. The van der Waals surface area contributed by atoms with Crippen LogP contribution in [0.25, 0.3) is 10.8 Å². The Hall–Kier alpha value is -2.07. The van der Waals surface area contributed by atoms with Crippen LogP contribution in [0.1, 0.15) is 25.3 Å². The summed E-state index contributed by atoms with van der Waals surface area (Å²) in [5.74, 6) is 1.04. The molecule has 1 unspecified atom stereocenters. The van der Waals surface area contributed by atoms with Crippen molar-refractivity contribution >= 4 is 16.7 Å². The van der Waals surface area contributed by atoms with Gasteiger partial charge in [-0.15, -0.1) is 0 Å². The molecule has 0 aromatic heterocycles. The molecular formula is C19H25N2O2+. The number of nitrogens with one attached hydrogen (secondary N) is 2. The predicted molar refractivity (Wildman–Crippen MR) is 91.7 cm³/mol. The van der Waals surface area contributed by atoms with Crippen molar-refractivity contribution in [2.45, 2.75) is 38.4 Å². The zero-order chi connectivity index (χ0) is 16.4. The van der Waals surface area contributed by atoms with Crippen molar-refractivity contribution in [1.82, 2.24) is 5.32 Å². The first-order valence-electron chi connectivity index (χ1n) is 8.26. The fourth-order valence-corrected chi connectivity index (χ4v) is 2.76. The van der Waals surface area contributed by atoms with Crippen LogP contribution in [0.5, 0.6) is 5.75 Å². The highest BCUT2D eigenvalue weighted by atomic mass is 16.5. The van der Waals surface area contributed by atoms with Crippen LogP contribution in [0.3, 0.4) is 0 Å². The third-order valence-electron chi connectivity index (χ3n) is 4.65. The van der Waals surface area contributed by atoms with Crippen LogP contribution >= 0.6 is 0 Å². The number of likely N-dealkylation sites (N-methyl/N-ethyl adjacent to an activating group) is 1. The van der Waals surface area contributed by atoms with Crippen molar-refractivity contribution in [3.8, 4) is 5.75 Å². The van der Waals surface area contributed by atoms with Crippen LogP contribution in [0, 0.1) is 0 Å². The molecule has 4 nitrogen and oxygen atoms in total. The molecule has 0 spiro atoms. The number of methoxy groups -OCH3 is 1. The third-order valence-corrected chi connectivity index (χ3v) is 4.65. The van der Waals surface area contributed by atoms with Crippen molar-refractivity contribution < 1.29 is 14.4 Å². The molecule has 2 aromatic carbocycles. The van der Waals surface area contributed by atoms with Gasteiger partial charge in [0.15, 0.2) is 6.04 Å². The monoisotopic (exact) mass is 313 g/mol.